The van der Waals surface area contributed by atoms with Crippen LogP contribution in [0, 0.1) is 10.8 Å². The molecule has 1 fully saturated rings. The van der Waals surface area contributed by atoms with E-state index < -0.39 is 11.4 Å². The molecule has 0 aromatic heterocycles. The fourth-order valence-corrected chi connectivity index (χ4v) is 1.87. The van der Waals surface area contributed by atoms with Gasteiger partial charge in [-0.2, -0.15) is 0 Å². The molecule has 5 nitrogen and oxygen atoms in total. The number of hydrogen-bond donors (Lipinski definition) is 2. The minimum Gasteiger partial charge on any atom is -0.481 e. The summed E-state index contributed by atoms with van der Waals surface area (Å²) in [6.07, 6.45) is 1.04. The molecule has 0 saturated carbocycles. The zero-order chi connectivity index (χ0) is 14.0. The van der Waals surface area contributed by atoms with Gasteiger partial charge in [-0.25, -0.2) is 4.79 Å². The number of urea groups is 1. The van der Waals surface area contributed by atoms with Gasteiger partial charge in [-0.15, -0.1) is 0 Å². The van der Waals surface area contributed by atoms with Crippen molar-refractivity contribution in [1.82, 2.24) is 10.2 Å². The molecular formula is C13H24N2O3. The molecule has 2 N–H and O–H groups in total. The Morgan fingerprint density at radius 2 is 1.78 bits per heavy atom. The fraction of sp³-hybridized carbons (Fsp3) is 0.846. The number of nitrogens with zero attached hydrogens (tertiary/aromatic N) is 1. The number of aliphatic carboxylic acids is 1. The molecular weight excluding hydrogens is 232 g/mol. The minimum absolute atomic E-state index is 0.0566. The summed E-state index contributed by atoms with van der Waals surface area (Å²) >= 11 is 0. The Hall–Kier alpha value is -1.26. The number of carboxylic acids is 1. The summed E-state index contributed by atoms with van der Waals surface area (Å²) in [6.45, 7) is 9.58. The summed E-state index contributed by atoms with van der Waals surface area (Å²) in [5.74, 6) is -0.766. The molecule has 1 saturated heterocycles. The van der Waals surface area contributed by atoms with Gasteiger partial charge in [0.2, 0.25) is 0 Å². The quantitative estimate of drug-likeness (QED) is 0.793. The lowest BCUT2D eigenvalue weighted by Crippen LogP contribution is -2.49. The summed E-state index contributed by atoms with van der Waals surface area (Å²) in [6, 6.07) is -0.0858. The van der Waals surface area contributed by atoms with Crippen molar-refractivity contribution >= 4 is 12.0 Å². The average molecular weight is 256 g/mol. The number of nitrogens with one attached hydrogen (secondary N) is 1. The second kappa shape index (κ2) is 5.16. The lowest BCUT2D eigenvalue weighted by molar-refractivity contribution is -0.150. The Morgan fingerprint density at radius 3 is 2.17 bits per heavy atom. The zero-order valence-electron chi connectivity index (χ0n) is 11.7. The van der Waals surface area contributed by atoms with E-state index in [2.05, 4.69) is 26.1 Å². The van der Waals surface area contributed by atoms with E-state index in [1.807, 2.05) is 0 Å². The molecule has 2 amide bonds. The van der Waals surface area contributed by atoms with Gasteiger partial charge in [-0.3, -0.25) is 4.79 Å². The Morgan fingerprint density at radius 1 is 1.28 bits per heavy atom. The molecule has 1 heterocycles. The van der Waals surface area contributed by atoms with Gasteiger partial charge >= 0.3 is 12.0 Å². The highest BCUT2D eigenvalue weighted by Crippen LogP contribution is 2.30. The number of amides is 2. The molecule has 5 heteroatoms. The third-order valence-electron chi connectivity index (χ3n) is 3.44. The summed E-state index contributed by atoms with van der Waals surface area (Å²) in [4.78, 5) is 24.7. The lowest BCUT2D eigenvalue weighted by Gasteiger charge is -2.36. The van der Waals surface area contributed by atoms with Crippen molar-refractivity contribution in [3.05, 3.63) is 0 Å². The van der Waals surface area contributed by atoms with Crippen LogP contribution in [-0.2, 0) is 4.79 Å². The van der Waals surface area contributed by atoms with E-state index in [0.29, 0.717) is 32.5 Å². The van der Waals surface area contributed by atoms with Crippen LogP contribution in [0.15, 0.2) is 0 Å². The van der Waals surface area contributed by atoms with Crippen molar-refractivity contribution < 1.29 is 14.7 Å². The molecule has 0 spiro atoms. The number of carboxylic acid groups (broad SMARTS) is 1. The third kappa shape index (κ3) is 3.89. The number of carbonyl (C=O) groups is 2. The van der Waals surface area contributed by atoms with Gasteiger partial charge in [0.25, 0.3) is 0 Å². The predicted octanol–water partition coefficient (Wildman–Crippen LogP) is 1.93. The third-order valence-corrected chi connectivity index (χ3v) is 3.44. The van der Waals surface area contributed by atoms with Gasteiger partial charge in [-0.05, 0) is 25.2 Å². The van der Waals surface area contributed by atoms with E-state index in [1.54, 1.807) is 11.8 Å². The maximum atomic E-state index is 11.9. The van der Waals surface area contributed by atoms with Crippen molar-refractivity contribution in [3.8, 4) is 0 Å². The maximum absolute atomic E-state index is 11.9. The van der Waals surface area contributed by atoms with Crippen LogP contribution in [0.3, 0.4) is 0 Å². The Kier molecular flexibility index (Phi) is 4.24. The normalized spacial score (nSPS) is 19.4. The summed E-state index contributed by atoms with van der Waals surface area (Å²) in [7, 11) is 0. The largest absolute Gasteiger partial charge is 0.481 e. The summed E-state index contributed by atoms with van der Waals surface area (Å²) in [5, 5.41) is 12.0. The zero-order valence-corrected chi connectivity index (χ0v) is 11.7. The molecule has 0 atom stereocenters. The van der Waals surface area contributed by atoms with Crippen LogP contribution in [-0.4, -0.2) is 41.6 Å². The van der Waals surface area contributed by atoms with Crippen LogP contribution in [0.2, 0.25) is 0 Å². The van der Waals surface area contributed by atoms with Gasteiger partial charge in [0.1, 0.15) is 0 Å². The first-order valence-corrected chi connectivity index (χ1v) is 6.40. The van der Waals surface area contributed by atoms with Crippen molar-refractivity contribution in [2.24, 2.45) is 10.8 Å². The highest BCUT2D eigenvalue weighted by atomic mass is 16.4. The van der Waals surface area contributed by atoms with Crippen molar-refractivity contribution in [1.29, 1.82) is 0 Å². The molecule has 0 aliphatic carbocycles. The van der Waals surface area contributed by atoms with Gasteiger partial charge in [0.05, 0.1) is 5.41 Å². The number of piperidine rings is 1. The van der Waals surface area contributed by atoms with E-state index in [9.17, 15) is 9.59 Å². The molecule has 0 bridgehead atoms. The molecule has 0 aromatic carbocycles. The molecule has 18 heavy (non-hydrogen) atoms. The standard InChI is InChI=1S/C13H24N2O3/c1-12(2,3)9-14-11(18)15-7-5-13(4,6-8-15)10(16)17/h5-9H2,1-4H3,(H,14,18)(H,16,17). The minimum atomic E-state index is -0.766. The van der Waals surface area contributed by atoms with Crippen LogP contribution in [0.25, 0.3) is 0 Å². The van der Waals surface area contributed by atoms with E-state index >= 15 is 0 Å². The number of likely N-dealkylation sites (tertiary alicyclic amines) is 1. The summed E-state index contributed by atoms with van der Waals surface area (Å²) < 4.78 is 0. The molecule has 1 rings (SSSR count). The van der Waals surface area contributed by atoms with Crippen LogP contribution < -0.4 is 5.32 Å². The van der Waals surface area contributed by atoms with E-state index in [0.717, 1.165) is 0 Å². The first-order valence-electron chi connectivity index (χ1n) is 6.40. The molecule has 104 valence electrons. The number of rotatable bonds is 2. The van der Waals surface area contributed by atoms with Gasteiger partial charge < -0.3 is 15.3 Å². The number of hydrogen-bond acceptors (Lipinski definition) is 2. The van der Waals surface area contributed by atoms with Crippen LogP contribution in [0.5, 0.6) is 0 Å². The first-order chi connectivity index (χ1) is 8.14. The fourth-order valence-electron chi connectivity index (χ4n) is 1.87. The number of carbonyl (C=O) groups excluding carboxylic acids is 1. The van der Waals surface area contributed by atoms with E-state index in [4.69, 9.17) is 5.11 Å². The van der Waals surface area contributed by atoms with Crippen molar-refractivity contribution in [3.63, 3.8) is 0 Å². The van der Waals surface area contributed by atoms with Crippen LogP contribution in [0.4, 0.5) is 4.79 Å². The van der Waals surface area contributed by atoms with Gasteiger partial charge in [0.15, 0.2) is 0 Å². The first kappa shape index (κ1) is 14.8. The van der Waals surface area contributed by atoms with Crippen LogP contribution >= 0.6 is 0 Å². The second-order valence-electron chi connectivity index (χ2n) is 6.57. The summed E-state index contributed by atoms with van der Waals surface area (Å²) in [5.41, 5.74) is -0.623. The molecule has 0 aromatic rings. The van der Waals surface area contributed by atoms with Gasteiger partial charge in [0, 0.05) is 19.6 Å². The topological polar surface area (TPSA) is 69.6 Å². The average Bonchev–Trinajstić information content (AvgIpc) is 2.26. The highest BCUT2D eigenvalue weighted by Gasteiger charge is 2.38. The molecule has 0 unspecified atom stereocenters. The Balaban J connectivity index is 2.43. The lowest BCUT2D eigenvalue weighted by atomic mass is 9.80. The van der Waals surface area contributed by atoms with E-state index in [-0.39, 0.29) is 11.4 Å². The molecule has 0 radical (unpaired) electrons. The highest BCUT2D eigenvalue weighted by molar-refractivity contribution is 5.77. The monoisotopic (exact) mass is 256 g/mol. The van der Waals surface area contributed by atoms with Crippen molar-refractivity contribution in [2.45, 2.75) is 40.5 Å². The molecule has 1 aliphatic rings. The Bertz CT molecular complexity index is 326. The SMILES string of the molecule is CC(C)(C)CNC(=O)N1CCC(C)(C(=O)O)CC1. The molecule has 1 aliphatic heterocycles. The Labute approximate surface area is 109 Å². The van der Waals surface area contributed by atoms with Crippen molar-refractivity contribution in [2.75, 3.05) is 19.6 Å². The smallest absolute Gasteiger partial charge is 0.317 e. The maximum Gasteiger partial charge on any atom is 0.317 e. The predicted molar refractivity (Wildman–Crippen MR) is 69.4 cm³/mol. The van der Waals surface area contributed by atoms with E-state index in [1.165, 1.54) is 0 Å². The van der Waals surface area contributed by atoms with Crippen LogP contribution in [0.1, 0.15) is 40.5 Å². The second-order valence-corrected chi connectivity index (χ2v) is 6.57. The van der Waals surface area contributed by atoms with Gasteiger partial charge in [-0.1, -0.05) is 20.8 Å².